The molecule has 1 aromatic carbocycles. The molecule has 0 heterocycles. The number of allylic oxidation sites excluding steroid dienone is 1. The van der Waals surface area contributed by atoms with E-state index in [1.165, 1.54) is 29.2 Å². The number of rotatable bonds is 6. The molecule has 0 aliphatic rings. The fourth-order valence-corrected chi connectivity index (χ4v) is 2.81. The highest BCUT2D eigenvalue weighted by molar-refractivity contribution is 7.90. The second-order valence-corrected chi connectivity index (χ2v) is 6.96. The van der Waals surface area contributed by atoms with Gasteiger partial charge in [-0.15, -0.1) is 4.40 Å². The second-order valence-electron chi connectivity index (χ2n) is 4.95. The van der Waals surface area contributed by atoms with Crippen LogP contribution in [-0.2, 0) is 10.0 Å². The molecular weight excluding hydrogens is 326 g/mol. The summed E-state index contributed by atoms with van der Waals surface area (Å²) in [6.07, 6.45) is 4.09. The summed E-state index contributed by atoms with van der Waals surface area (Å²) in [7, 11) is 2.88. The number of carbonyl (C=O) groups excluding carboxylic acids is 1. The van der Waals surface area contributed by atoms with Crippen LogP contribution in [0, 0.1) is 0 Å². The third kappa shape index (κ3) is 5.16. The molecule has 1 rings (SSSR count). The molecule has 0 amide bonds. The van der Waals surface area contributed by atoms with Crippen LogP contribution in [0.25, 0.3) is 0 Å². The van der Waals surface area contributed by atoms with Crippen molar-refractivity contribution < 1.29 is 13.2 Å². The third-order valence-corrected chi connectivity index (χ3v) is 4.14. The molecule has 1 aromatic rings. The van der Waals surface area contributed by atoms with E-state index in [9.17, 15) is 13.2 Å². The van der Waals surface area contributed by atoms with Gasteiger partial charge in [0.05, 0.1) is 5.02 Å². The Morgan fingerprint density at radius 1 is 1.18 bits per heavy atom. The Morgan fingerprint density at radius 3 is 2.36 bits per heavy atom. The molecular formula is C14H18ClN3O3S. The minimum absolute atomic E-state index is 0.0176. The van der Waals surface area contributed by atoms with Crippen LogP contribution in [-0.4, -0.2) is 58.5 Å². The fraction of sp³-hybridized carbons (Fsp3) is 0.286. The van der Waals surface area contributed by atoms with Gasteiger partial charge in [-0.1, -0.05) is 11.6 Å². The van der Waals surface area contributed by atoms with E-state index < -0.39 is 10.0 Å². The van der Waals surface area contributed by atoms with E-state index in [-0.39, 0.29) is 21.3 Å². The first-order valence-corrected chi connectivity index (χ1v) is 8.10. The van der Waals surface area contributed by atoms with Gasteiger partial charge < -0.3 is 9.80 Å². The summed E-state index contributed by atoms with van der Waals surface area (Å²) in [5, 5.41) is 0.0176. The van der Waals surface area contributed by atoms with Crippen molar-refractivity contribution in [1.29, 1.82) is 0 Å². The number of hydrogen-bond acceptors (Lipinski definition) is 4. The maximum Gasteiger partial charge on any atom is 0.285 e. The second kappa shape index (κ2) is 7.42. The van der Waals surface area contributed by atoms with Gasteiger partial charge in [0.15, 0.2) is 5.78 Å². The van der Waals surface area contributed by atoms with Gasteiger partial charge in [0.25, 0.3) is 10.0 Å². The first-order chi connectivity index (χ1) is 10.1. The standard InChI is InChI=1S/C14H18ClN3O3S/c1-17(2)8-7-13(19)11-5-6-12(15)14(9-11)22(20,21)16-10-18(3)4/h5-10H,1-4H3/b8-7+,16-10+. The smallest absolute Gasteiger partial charge is 0.285 e. The summed E-state index contributed by atoms with van der Waals surface area (Å²) in [6, 6.07) is 4.07. The van der Waals surface area contributed by atoms with Crippen molar-refractivity contribution >= 4 is 33.7 Å². The zero-order valence-corrected chi connectivity index (χ0v) is 14.4. The molecule has 0 spiro atoms. The molecule has 0 atom stereocenters. The van der Waals surface area contributed by atoms with Gasteiger partial charge in [-0.05, 0) is 18.2 Å². The first-order valence-electron chi connectivity index (χ1n) is 6.29. The van der Waals surface area contributed by atoms with Crippen LogP contribution >= 0.6 is 11.6 Å². The van der Waals surface area contributed by atoms with Crippen LogP contribution in [0.2, 0.25) is 5.02 Å². The topological polar surface area (TPSA) is 70.0 Å². The zero-order valence-electron chi connectivity index (χ0n) is 12.8. The number of hydrogen-bond donors (Lipinski definition) is 0. The van der Waals surface area contributed by atoms with Crippen molar-refractivity contribution in [3.63, 3.8) is 0 Å². The Morgan fingerprint density at radius 2 is 1.82 bits per heavy atom. The molecule has 0 saturated carbocycles. The molecule has 120 valence electrons. The summed E-state index contributed by atoms with van der Waals surface area (Å²) >= 11 is 5.92. The Balaban J connectivity index is 3.23. The summed E-state index contributed by atoms with van der Waals surface area (Å²) in [4.78, 5) is 15.0. The predicted molar refractivity (Wildman–Crippen MR) is 88.0 cm³/mol. The van der Waals surface area contributed by atoms with Crippen molar-refractivity contribution in [1.82, 2.24) is 9.80 Å². The van der Waals surface area contributed by atoms with Gasteiger partial charge in [-0.25, -0.2) is 0 Å². The fourth-order valence-electron chi connectivity index (χ4n) is 1.38. The number of nitrogens with zero attached hydrogens (tertiary/aromatic N) is 3. The minimum atomic E-state index is -3.96. The van der Waals surface area contributed by atoms with Gasteiger partial charge in [-0.3, -0.25) is 4.79 Å². The molecule has 0 unspecified atom stereocenters. The number of halogens is 1. The summed E-state index contributed by atoms with van der Waals surface area (Å²) in [6.45, 7) is 0. The maximum absolute atomic E-state index is 12.2. The monoisotopic (exact) mass is 343 g/mol. The number of ketones is 1. The SMILES string of the molecule is CN(C)/C=C/C(=O)c1ccc(Cl)c(S(=O)(=O)/N=C/N(C)C)c1. The molecule has 0 aromatic heterocycles. The van der Waals surface area contributed by atoms with Gasteiger partial charge >= 0.3 is 0 Å². The molecule has 22 heavy (non-hydrogen) atoms. The average Bonchev–Trinajstić information content (AvgIpc) is 2.43. The van der Waals surface area contributed by atoms with Gasteiger partial charge in [0.2, 0.25) is 0 Å². The lowest BCUT2D eigenvalue weighted by Crippen LogP contribution is -2.10. The van der Waals surface area contributed by atoms with Gasteiger partial charge in [-0.2, -0.15) is 8.42 Å². The lowest BCUT2D eigenvalue weighted by Gasteiger charge is -2.07. The van der Waals surface area contributed by atoms with Crippen molar-refractivity contribution in [2.45, 2.75) is 4.90 Å². The Kier molecular flexibility index (Phi) is 6.13. The van der Waals surface area contributed by atoms with Gasteiger partial charge in [0.1, 0.15) is 11.2 Å². The van der Waals surface area contributed by atoms with E-state index in [4.69, 9.17) is 11.6 Å². The summed E-state index contributed by atoms with van der Waals surface area (Å²) < 4.78 is 27.8. The van der Waals surface area contributed by atoms with Crippen LogP contribution in [0.1, 0.15) is 10.4 Å². The van der Waals surface area contributed by atoms with E-state index in [0.29, 0.717) is 0 Å². The van der Waals surface area contributed by atoms with Crippen LogP contribution < -0.4 is 0 Å². The van der Waals surface area contributed by atoms with Crippen LogP contribution in [0.5, 0.6) is 0 Å². The molecule has 8 heteroatoms. The first kappa shape index (κ1) is 18.2. The average molecular weight is 344 g/mol. The molecule has 0 aliphatic carbocycles. The summed E-state index contributed by atoms with van der Waals surface area (Å²) in [5.74, 6) is -0.321. The molecule has 0 N–H and O–H groups in total. The Bertz CT molecular complexity index is 710. The van der Waals surface area contributed by atoms with Crippen molar-refractivity contribution in [2.75, 3.05) is 28.2 Å². The van der Waals surface area contributed by atoms with Crippen LogP contribution in [0.15, 0.2) is 39.8 Å². The number of sulfonamides is 1. The molecule has 0 saturated heterocycles. The molecule has 0 aliphatic heterocycles. The molecule has 6 nitrogen and oxygen atoms in total. The van der Waals surface area contributed by atoms with Crippen LogP contribution in [0.3, 0.4) is 0 Å². The quantitative estimate of drug-likeness (QED) is 0.341. The summed E-state index contributed by atoms with van der Waals surface area (Å²) in [5.41, 5.74) is 0.223. The van der Waals surface area contributed by atoms with Crippen molar-refractivity contribution in [3.8, 4) is 0 Å². The van der Waals surface area contributed by atoms with E-state index in [0.717, 1.165) is 6.34 Å². The normalized spacial score (nSPS) is 12.0. The molecule has 0 fully saturated rings. The lowest BCUT2D eigenvalue weighted by atomic mass is 10.1. The highest BCUT2D eigenvalue weighted by Crippen LogP contribution is 2.24. The molecule has 0 bridgehead atoms. The van der Waals surface area contributed by atoms with E-state index in [1.54, 1.807) is 39.3 Å². The maximum atomic E-state index is 12.2. The highest BCUT2D eigenvalue weighted by Gasteiger charge is 2.18. The molecule has 0 radical (unpaired) electrons. The number of benzene rings is 1. The van der Waals surface area contributed by atoms with E-state index >= 15 is 0 Å². The Labute approximate surface area is 135 Å². The Hall–Kier alpha value is -1.86. The van der Waals surface area contributed by atoms with Crippen molar-refractivity contribution in [3.05, 3.63) is 41.1 Å². The number of carbonyl (C=O) groups is 1. The van der Waals surface area contributed by atoms with Crippen molar-refractivity contribution in [2.24, 2.45) is 4.40 Å². The lowest BCUT2D eigenvalue weighted by molar-refractivity contribution is 0.104. The largest absolute Gasteiger partial charge is 0.383 e. The zero-order chi connectivity index (χ0) is 16.9. The van der Waals surface area contributed by atoms with Crippen LogP contribution in [0.4, 0.5) is 0 Å². The van der Waals surface area contributed by atoms with E-state index in [2.05, 4.69) is 4.40 Å². The van der Waals surface area contributed by atoms with E-state index in [1.807, 2.05) is 0 Å². The minimum Gasteiger partial charge on any atom is -0.383 e. The van der Waals surface area contributed by atoms with Gasteiger partial charge in [0, 0.05) is 46.0 Å². The predicted octanol–water partition coefficient (Wildman–Crippen LogP) is 1.88. The highest BCUT2D eigenvalue weighted by atomic mass is 35.5. The third-order valence-electron chi connectivity index (χ3n) is 2.43.